The molecule has 1 N–H and O–H groups in total. The fourth-order valence-electron chi connectivity index (χ4n) is 5.30. The zero-order valence-corrected chi connectivity index (χ0v) is 24.8. The first-order valence-corrected chi connectivity index (χ1v) is 14.9. The SMILES string of the molecule is [C-]#[N+]/C(C#N)=C(\C(C#N)=CC=C1C=C(c2ccccc2)c2ccccc2N1CCCCCCCOCCO)c1ccccc1. The Kier molecular flexibility index (Phi) is 12.3. The van der Waals surface area contributed by atoms with Crippen LogP contribution in [-0.2, 0) is 4.74 Å². The molecule has 0 bridgehead atoms. The van der Waals surface area contributed by atoms with Gasteiger partial charge in [-0.3, -0.25) is 0 Å². The number of unbranched alkanes of at least 4 members (excludes halogenated alkanes) is 4. The van der Waals surface area contributed by atoms with Gasteiger partial charge < -0.3 is 14.7 Å². The number of hydrogen-bond donors (Lipinski definition) is 1. The Hall–Kier alpha value is -5.19. The molecule has 3 aromatic carbocycles. The van der Waals surface area contributed by atoms with Gasteiger partial charge in [0.05, 0.1) is 37.5 Å². The molecule has 1 heterocycles. The van der Waals surface area contributed by atoms with Crippen molar-refractivity contribution >= 4 is 16.8 Å². The van der Waals surface area contributed by atoms with Crippen LogP contribution in [0.3, 0.4) is 0 Å². The van der Waals surface area contributed by atoms with Gasteiger partial charge in [-0.25, -0.2) is 10.1 Å². The second kappa shape index (κ2) is 17.1. The molecule has 0 saturated heterocycles. The molecule has 44 heavy (non-hydrogen) atoms. The molecule has 0 spiro atoms. The van der Waals surface area contributed by atoms with Crippen molar-refractivity contribution in [2.45, 2.75) is 32.1 Å². The minimum absolute atomic E-state index is 0.0571. The third-order valence-corrected chi connectivity index (χ3v) is 7.41. The number of nitrogens with zero attached hydrogens (tertiary/aromatic N) is 4. The monoisotopic (exact) mass is 580 g/mol. The number of anilines is 1. The Morgan fingerprint density at radius 2 is 1.52 bits per heavy atom. The summed E-state index contributed by atoms with van der Waals surface area (Å²) in [6.45, 7) is 9.51. The summed E-state index contributed by atoms with van der Waals surface area (Å²) in [5, 5.41) is 28.8. The van der Waals surface area contributed by atoms with E-state index in [1.54, 1.807) is 6.08 Å². The maximum Gasteiger partial charge on any atom is 0.270 e. The van der Waals surface area contributed by atoms with Crippen LogP contribution in [0.1, 0.15) is 48.8 Å². The highest BCUT2D eigenvalue weighted by Crippen LogP contribution is 2.39. The second-order valence-corrected chi connectivity index (χ2v) is 10.3. The third-order valence-electron chi connectivity index (χ3n) is 7.41. The topological polar surface area (TPSA) is 84.6 Å². The van der Waals surface area contributed by atoms with Crippen LogP contribution in [0.25, 0.3) is 16.0 Å². The van der Waals surface area contributed by atoms with Crippen LogP contribution in [0.5, 0.6) is 0 Å². The van der Waals surface area contributed by atoms with Gasteiger partial charge in [0.1, 0.15) is 0 Å². The lowest BCUT2D eigenvalue weighted by atomic mass is 9.91. The van der Waals surface area contributed by atoms with Crippen molar-refractivity contribution in [2.24, 2.45) is 0 Å². The summed E-state index contributed by atoms with van der Waals surface area (Å²) in [5.41, 5.74) is 6.50. The number of para-hydroxylation sites is 1. The molecule has 1 aliphatic heterocycles. The molecule has 0 aliphatic carbocycles. The fourth-order valence-corrected chi connectivity index (χ4v) is 5.30. The van der Waals surface area contributed by atoms with Gasteiger partial charge in [0.15, 0.2) is 0 Å². The van der Waals surface area contributed by atoms with Crippen LogP contribution in [0.4, 0.5) is 5.69 Å². The Morgan fingerprint density at radius 1 is 0.841 bits per heavy atom. The molecule has 6 heteroatoms. The number of aliphatic hydroxyl groups excluding tert-OH is 1. The minimum Gasteiger partial charge on any atom is -0.394 e. The van der Waals surface area contributed by atoms with Gasteiger partial charge in [-0.2, -0.15) is 5.26 Å². The molecular formula is C38H36N4O2. The van der Waals surface area contributed by atoms with Crippen molar-refractivity contribution < 1.29 is 9.84 Å². The lowest BCUT2D eigenvalue weighted by Gasteiger charge is -2.33. The van der Waals surface area contributed by atoms with Crippen LogP contribution in [-0.4, -0.2) is 31.5 Å². The predicted octanol–water partition coefficient (Wildman–Crippen LogP) is 8.09. The molecular weight excluding hydrogens is 544 g/mol. The summed E-state index contributed by atoms with van der Waals surface area (Å²) < 4.78 is 5.38. The van der Waals surface area contributed by atoms with E-state index >= 15 is 0 Å². The van der Waals surface area contributed by atoms with Crippen LogP contribution < -0.4 is 4.90 Å². The van der Waals surface area contributed by atoms with Crippen molar-refractivity contribution in [3.8, 4) is 12.1 Å². The van der Waals surface area contributed by atoms with E-state index < -0.39 is 0 Å². The van der Waals surface area contributed by atoms with E-state index in [2.05, 4.69) is 52.2 Å². The Bertz CT molecular complexity index is 1630. The van der Waals surface area contributed by atoms with Gasteiger partial charge in [0.25, 0.3) is 5.70 Å². The van der Waals surface area contributed by atoms with E-state index in [0.29, 0.717) is 24.4 Å². The normalized spacial score (nSPS) is 14.1. The summed E-state index contributed by atoms with van der Waals surface area (Å²) in [7, 11) is 0. The van der Waals surface area contributed by atoms with Gasteiger partial charge in [-0.1, -0.05) is 98.1 Å². The number of allylic oxidation sites excluding steroid dienone is 6. The molecule has 0 radical (unpaired) electrons. The van der Waals surface area contributed by atoms with Crippen LogP contribution in [0, 0.1) is 29.2 Å². The molecule has 0 aromatic heterocycles. The standard InChI is InChI=1S/C38H36N4O2/c1-41-36(29-40)38(31-17-9-6-10-18-31)32(28-39)21-22-33-27-35(30-15-7-5-8-16-30)34-19-11-12-20-37(34)42(33)23-13-3-2-4-14-25-44-26-24-43/h5-12,15-22,27,43H,2-4,13-14,23-26H2/b32-21?,33-22?,38-36-. The molecule has 1 aliphatic rings. The molecule has 0 saturated carbocycles. The second-order valence-electron chi connectivity index (χ2n) is 10.3. The smallest absolute Gasteiger partial charge is 0.270 e. The van der Waals surface area contributed by atoms with Crippen LogP contribution in [0.15, 0.2) is 120 Å². The van der Waals surface area contributed by atoms with Crippen molar-refractivity contribution in [1.82, 2.24) is 0 Å². The Balaban J connectivity index is 1.70. The highest BCUT2D eigenvalue weighted by Gasteiger charge is 2.23. The average Bonchev–Trinajstić information content (AvgIpc) is 3.08. The zero-order chi connectivity index (χ0) is 31.0. The van der Waals surface area contributed by atoms with E-state index in [1.165, 1.54) is 0 Å². The van der Waals surface area contributed by atoms with E-state index in [1.807, 2.05) is 66.7 Å². The summed E-state index contributed by atoms with van der Waals surface area (Å²) in [4.78, 5) is 5.74. The first-order chi connectivity index (χ1) is 21.7. The maximum atomic E-state index is 10.2. The lowest BCUT2D eigenvalue weighted by molar-refractivity contribution is 0.0895. The summed E-state index contributed by atoms with van der Waals surface area (Å²) >= 11 is 0. The van der Waals surface area contributed by atoms with Crippen molar-refractivity contribution in [1.29, 1.82) is 10.5 Å². The maximum absolute atomic E-state index is 10.2. The van der Waals surface area contributed by atoms with E-state index in [-0.39, 0.29) is 17.9 Å². The number of hydrogen-bond acceptors (Lipinski definition) is 5. The molecule has 6 nitrogen and oxygen atoms in total. The highest BCUT2D eigenvalue weighted by atomic mass is 16.5. The zero-order valence-electron chi connectivity index (χ0n) is 24.8. The van der Waals surface area contributed by atoms with Crippen LogP contribution >= 0.6 is 0 Å². The van der Waals surface area contributed by atoms with Gasteiger partial charge >= 0.3 is 0 Å². The first-order valence-electron chi connectivity index (χ1n) is 14.9. The number of nitriles is 2. The number of aliphatic hydroxyl groups is 1. The molecule has 0 unspecified atom stereocenters. The third kappa shape index (κ3) is 8.21. The number of benzene rings is 3. The Labute approximate surface area is 260 Å². The summed E-state index contributed by atoms with van der Waals surface area (Å²) in [6.07, 6.45) is 11.0. The lowest BCUT2D eigenvalue weighted by Crippen LogP contribution is -2.26. The predicted molar refractivity (Wildman–Crippen MR) is 176 cm³/mol. The van der Waals surface area contributed by atoms with Crippen molar-refractivity contribution in [2.75, 3.05) is 31.3 Å². The molecule has 0 atom stereocenters. The summed E-state index contributed by atoms with van der Waals surface area (Å²) in [5.74, 6) is 0. The minimum atomic E-state index is -0.115. The highest BCUT2D eigenvalue weighted by molar-refractivity contribution is 5.92. The molecule has 0 fully saturated rings. The van der Waals surface area contributed by atoms with E-state index in [9.17, 15) is 10.5 Å². The molecule has 3 aromatic rings. The van der Waals surface area contributed by atoms with Gasteiger partial charge in [0.2, 0.25) is 0 Å². The van der Waals surface area contributed by atoms with Gasteiger partial charge in [-0.05, 0) is 53.8 Å². The largest absolute Gasteiger partial charge is 0.394 e. The Morgan fingerprint density at radius 3 is 2.23 bits per heavy atom. The van der Waals surface area contributed by atoms with E-state index in [4.69, 9.17) is 16.4 Å². The number of ether oxygens (including phenoxy) is 1. The number of fused-ring (bicyclic) bond motifs is 1. The first kappa shape index (κ1) is 31.7. The molecule has 220 valence electrons. The average molecular weight is 581 g/mol. The molecule has 4 rings (SSSR count). The number of rotatable bonds is 14. The quantitative estimate of drug-likeness (QED) is 0.0902. The van der Waals surface area contributed by atoms with Crippen molar-refractivity contribution in [3.63, 3.8) is 0 Å². The fraction of sp³-hybridized carbons (Fsp3) is 0.237. The van der Waals surface area contributed by atoms with E-state index in [0.717, 1.165) is 66.7 Å². The van der Waals surface area contributed by atoms with Gasteiger partial charge in [0, 0.05) is 35.7 Å². The molecule has 0 amide bonds. The van der Waals surface area contributed by atoms with Gasteiger partial charge in [-0.15, -0.1) is 0 Å². The van der Waals surface area contributed by atoms with Crippen molar-refractivity contribution in [3.05, 3.63) is 148 Å². The van der Waals surface area contributed by atoms with Crippen LogP contribution in [0.2, 0.25) is 0 Å². The summed E-state index contributed by atoms with van der Waals surface area (Å²) in [6, 6.07) is 32.0.